The first-order chi connectivity index (χ1) is 10.1. The quantitative estimate of drug-likeness (QED) is 0.499. The van der Waals surface area contributed by atoms with Gasteiger partial charge in [-0.3, -0.25) is 14.9 Å². The zero-order valence-electron chi connectivity index (χ0n) is 12.0. The van der Waals surface area contributed by atoms with Gasteiger partial charge < -0.3 is 14.6 Å². The second kappa shape index (κ2) is 6.36. The van der Waals surface area contributed by atoms with E-state index in [-0.39, 0.29) is 5.69 Å². The number of hydrogen-bond donors (Lipinski definition) is 1. The van der Waals surface area contributed by atoms with Gasteiger partial charge in [0.2, 0.25) is 0 Å². The third-order valence-electron chi connectivity index (χ3n) is 3.26. The Labute approximate surface area is 121 Å². The van der Waals surface area contributed by atoms with Crippen LogP contribution in [0.5, 0.6) is 0 Å². The Morgan fingerprint density at radius 1 is 1.38 bits per heavy atom. The summed E-state index contributed by atoms with van der Waals surface area (Å²) < 4.78 is 6.35. The Bertz CT molecular complexity index is 724. The fourth-order valence-corrected chi connectivity index (χ4v) is 2.33. The number of rotatable bonds is 6. The number of methoxy groups -OCH3 is 1. The summed E-state index contributed by atoms with van der Waals surface area (Å²) in [5, 5.41) is 14.9. The minimum absolute atomic E-state index is 0.252. The van der Waals surface area contributed by atoms with Crippen molar-refractivity contribution in [1.29, 1.82) is 0 Å². The highest BCUT2D eigenvalue weighted by atomic mass is 16.6. The number of fused-ring (bicyclic) bond motifs is 1. The zero-order chi connectivity index (χ0) is 15.4. The summed E-state index contributed by atoms with van der Waals surface area (Å²) in [6.07, 6.45) is 0. The van der Waals surface area contributed by atoms with Crippen molar-refractivity contribution in [3.8, 4) is 0 Å². The van der Waals surface area contributed by atoms with E-state index in [9.17, 15) is 14.9 Å². The zero-order valence-corrected chi connectivity index (χ0v) is 12.0. The van der Waals surface area contributed by atoms with Crippen LogP contribution >= 0.6 is 0 Å². The number of pyridine rings is 1. The number of aryl methyl sites for hydroxylation is 1. The monoisotopic (exact) mass is 291 g/mol. The molecule has 0 amide bonds. The molecule has 21 heavy (non-hydrogen) atoms. The van der Waals surface area contributed by atoms with E-state index in [1.54, 1.807) is 38.3 Å². The van der Waals surface area contributed by atoms with Crippen LogP contribution in [-0.4, -0.2) is 29.8 Å². The molecular weight excluding hydrogens is 274 g/mol. The predicted octanol–water partition coefficient (Wildman–Crippen LogP) is 1.99. The second-order valence-corrected chi connectivity index (χ2v) is 4.47. The number of hydrogen-bond acceptors (Lipinski definition) is 5. The molecule has 0 saturated heterocycles. The topological polar surface area (TPSA) is 86.4 Å². The predicted molar refractivity (Wildman–Crippen MR) is 80.9 cm³/mol. The fourth-order valence-electron chi connectivity index (χ4n) is 2.33. The van der Waals surface area contributed by atoms with Crippen molar-refractivity contribution in [1.82, 2.24) is 4.57 Å². The maximum atomic E-state index is 12.4. The van der Waals surface area contributed by atoms with E-state index in [4.69, 9.17) is 4.74 Å². The molecule has 1 heterocycles. The Morgan fingerprint density at radius 3 is 2.71 bits per heavy atom. The molecule has 0 aliphatic rings. The SMILES string of the molecule is CCn1c(=O)c([N+](=O)[O-])c(NCCOC)c2ccccc21. The normalized spacial score (nSPS) is 10.8. The highest BCUT2D eigenvalue weighted by Gasteiger charge is 2.24. The maximum Gasteiger partial charge on any atom is 0.357 e. The summed E-state index contributed by atoms with van der Waals surface area (Å²) in [7, 11) is 1.54. The van der Waals surface area contributed by atoms with Crippen LogP contribution in [0.3, 0.4) is 0 Å². The molecule has 7 nitrogen and oxygen atoms in total. The van der Waals surface area contributed by atoms with Crippen molar-refractivity contribution in [2.75, 3.05) is 25.6 Å². The number of ether oxygens (including phenoxy) is 1. The van der Waals surface area contributed by atoms with Crippen molar-refractivity contribution < 1.29 is 9.66 Å². The summed E-state index contributed by atoms with van der Waals surface area (Å²) in [6.45, 7) is 2.94. The highest BCUT2D eigenvalue weighted by Crippen LogP contribution is 2.29. The summed E-state index contributed by atoms with van der Waals surface area (Å²) in [5.41, 5.74) is -0.0920. The number of aromatic nitrogens is 1. The summed E-state index contributed by atoms with van der Waals surface area (Å²) >= 11 is 0. The summed E-state index contributed by atoms with van der Waals surface area (Å²) in [5.74, 6) is 0. The number of anilines is 1. The van der Waals surface area contributed by atoms with E-state index >= 15 is 0 Å². The Morgan fingerprint density at radius 2 is 2.10 bits per heavy atom. The van der Waals surface area contributed by atoms with Crippen molar-refractivity contribution in [2.45, 2.75) is 13.5 Å². The Balaban J connectivity index is 2.76. The van der Waals surface area contributed by atoms with Crippen LogP contribution in [0.4, 0.5) is 11.4 Å². The smallest absolute Gasteiger partial charge is 0.357 e. The van der Waals surface area contributed by atoms with Crippen molar-refractivity contribution in [3.05, 3.63) is 44.7 Å². The van der Waals surface area contributed by atoms with Crippen LogP contribution in [0.2, 0.25) is 0 Å². The van der Waals surface area contributed by atoms with E-state index in [1.165, 1.54) is 4.57 Å². The summed E-state index contributed by atoms with van der Waals surface area (Å²) in [6, 6.07) is 7.14. The number of nitrogens with zero attached hydrogens (tertiary/aromatic N) is 2. The van der Waals surface area contributed by atoms with Crippen molar-refractivity contribution in [3.63, 3.8) is 0 Å². The lowest BCUT2D eigenvalue weighted by Gasteiger charge is -2.13. The van der Waals surface area contributed by atoms with Gasteiger partial charge in [-0.2, -0.15) is 0 Å². The molecule has 0 atom stereocenters. The summed E-state index contributed by atoms with van der Waals surface area (Å²) in [4.78, 5) is 23.0. The minimum atomic E-state index is -0.629. The lowest BCUT2D eigenvalue weighted by molar-refractivity contribution is -0.385. The van der Waals surface area contributed by atoms with Crippen LogP contribution in [0.15, 0.2) is 29.1 Å². The average molecular weight is 291 g/mol. The van der Waals surface area contributed by atoms with Gasteiger partial charge >= 0.3 is 11.2 Å². The highest BCUT2D eigenvalue weighted by molar-refractivity contribution is 5.96. The minimum Gasteiger partial charge on any atom is -0.383 e. The molecule has 112 valence electrons. The molecule has 2 rings (SSSR count). The van der Waals surface area contributed by atoms with Gasteiger partial charge in [0.1, 0.15) is 5.69 Å². The van der Waals surface area contributed by atoms with E-state index in [0.717, 1.165) is 0 Å². The molecule has 0 aliphatic carbocycles. The lowest BCUT2D eigenvalue weighted by Crippen LogP contribution is -2.24. The molecule has 7 heteroatoms. The van der Waals surface area contributed by atoms with Gasteiger partial charge in [-0.25, -0.2) is 0 Å². The maximum absolute atomic E-state index is 12.4. The standard InChI is InChI=1S/C14H17N3O4/c1-3-16-11-7-5-4-6-10(11)12(15-8-9-21-2)13(14(16)18)17(19)20/h4-7,15H,3,8-9H2,1-2H3. The molecule has 1 aromatic heterocycles. The van der Waals surface area contributed by atoms with Gasteiger partial charge in [-0.05, 0) is 13.0 Å². The van der Waals surface area contributed by atoms with Crippen LogP contribution in [0.25, 0.3) is 10.9 Å². The third-order valence-corrected chi connectivity index (χ3v) is 3.26. The number of nitro groups is 1. The average Bonchev–Trinajstić information content (AvgIpc) is 2.47. The molecule has 1 N–H and O–H groups in total. The Hall–Kier alpha value is -2.41. The van der Waals surface area contributed by atoms with Gasteiger partial charge in [-0.1, -0.05) is 18.2 Å². The van der Waals surface area contributed by atoms with Crippen LogP contribution in [-0.2, 0) is 11.3 Å². The third kappa shape index (κ3) is 2.73. The van der Waals surface area contributed by atoms with E-state index in [2.05, 4.69) is 5.32 Å². The number of para-hydroxylation sites is 1. The van der Waals surface area contributed by atoms with Gasteiger partial charge in [0, 0.05) is 25.6 Å². The molecule has 0 aliphatic heterocycles. The van der Waals surface area contributed by atoms with Crippen LogP contribution in [0, 0.1) is 10.1 Å². The van der Waals surface area contributed by atoms with Crippen molar-refractivity contribution >= 4 is 22.3 Å². The van der Waals surface area contributed by atoms with Crippen LogP contribution in [0.1, 0.15) is 6.92 Å². The molecule has 2 aromatic rings. The largest absolute Gasteiger partial charge is 0.383 e. The molecule has 0 spiro atoms. The number of benzene rings is 1. The molecule has 0 bridgehead atoms. The van der Waals surface area contributed by atoms with Gasteiger partial charge in [0.15, 0.2) is 0 Å². The molecular formula is C14H17N3O4. The fraction of sp³-hybridized carbons (Fsp3) is 0.357. The number of nitrogens with one attached hydrogen (secondary N) is 1. The van der Waals surface area contributed by atoms with Gasteiger partial charge in [0.05, 0.1) is 17.0 Å². The van der Waals surface area contributed by atoms with Crippen molar-refractivity contribution in [2.24, 2.45) is 0 Å². The molecule has 0 fully saturated rings. The first kappa shape index (κ1) is 15.0. The van der Waals surface area contributed by atoms with Gasteiger partial charge in [-0.15, -0.1) is 0 Å². The molecule has 0 saturated carbocycles. The first-order valence-electron chi connectivity index (χ1n) is 6.64. The second-order valence-electron chi connectivity index (χ2n) is 4.47. The Kier molecular flexibility index (Phi) is 4.54. The molecule has 0 unspecified atom stereocenters. The molecule has 1 aromatic carbocycles. The molecule has 0 radical (unpaired) electrons. The van der Waals surface area contributed by atoms with E-state index < -0.39 is 16.2 Å². The van der Waals surface area contributed by atoms with Gasteiger partial charge in [0.25, 0.3) is 0 Å². The van der Waals surface area contributed by atoms with Crippen LogP contribution < -0.4 is 10.9 Å². The van der Waals surface area contributed by atoms with E-state index in [0.29, 0.717) is 30.6 Å². The lowest BCUT2D eigenvalue weighted by atomic mass is 10.1. The first-order valence-corrected chi connectivity index (χ1v) is 6.64. The van der Waals surface area contributed by atoms with E-state index in [1.807, 2.05) is 0 Å².